The first-order valence-electron chi connectivity index (χ1n) is 3.61. The van der Waals surface area contributed by atoms with E-state index in [1.165, 1.54) is 5.56 Å². The minimum absolute atomic E-state index is 0.0201. The van der Waals surface area contributed by atoms with Crippen LogP contribution in [0.3, 0.4) is 0 Å². The van der Waals surface area contributed by atoms with Gasteiger partial charge in [0.25, 0.3) is 0 Å². The van der Waals surface area contributed by atoms with Crippen LogP contribution in [0.4, 0.5) is 0 Å². The van der Waals surface area contributed by atoms with Crippen molar-refractivity contribution in [3.63, 3.8) is 0 Å². The van der Waals surface area contributed by atoms with Crippen LogP contribution in [-0.2, 0) is 11.2 Å². The van der Waals surface area contributed by atoms with E-state index < -0.39 is 0 Å². The predicted molar refractivity (Wildman–Crippen MR) is 61.9 cm³/mol. The summed E-state index contributed by atoms with van der Waals surface area (Å²) in [5.74, 6) is 0. The van der Waals surface area contributed by atoms with E-state index in [4.69, 9.17) is 0 Å². The van der Waals surface area contributed by atoms with Gasteiger partial charge < -0.3 is 0 Å². The second-order valence-corrected chi connectivity index (χ2v) is 4.44. The van der Waals surface area contributed by atoms with Crippen molar-refractivity contribution in [2.75, 3.05) is 0 Å². The van der Waals surface area contributed by atoms with Gasteiger partial charge in [-0.1, -0.05) is 52.9 Å². The lowest BCUT2D eigenvalue weighted by atomic mass is 10.1. The molecule has 1 rings (SSSR count). The highest BCUT2D eigenvalue weighted by Gasteiger charge is 2.10. The van der Waals surface area contributed by atoms with Gasteiger partial charge in [-0.15, -0.1) is 12.6 Å². The van der Waals surface area contributed by atoms with Gasteiger partial charge in [0.15, 0.2) is 5.12 Å². The van der Waals surface area contributed by atoms with Gasteiger partial charge in [0.1, 0.15) is 0 Å². The first-order chi connectivity index (χ1) is 5.70. The smallest absolute Gasteiger partial charge is 0.199 e. The van der Waals surface area contributed by atoms with E-state index in [1.807, 2.05) is 30.3 Å². The standard InChI is InChI=1S/C9H9IOS/c10-8(9(11)12)6-7-4-2-1-3-5-7/h1-5,8H,6H2,(H,11,12)/t8-/m0/s1. The van der Waals surface area contributed by atoms with Crippen LogP contribution in [0.5, 0.6) is 0 Å². The summed E-state index contributed by atoms with van der Waals surface area (Å²) in [5.41, 5.74) is 1.18. The Balaban J connectivity index is 2.58. The van der Waals surface area contributed by atoms with E-state index in [-0.39, 0.29) is 9.04 Å². The number of carbonyl (C=O) groups excluding carboxylic acids is 1. The Labute approximate surface area is 91.1 Å². The van der Waals surface area contributed by atoms with Crippen molar-refractivity contribution >= 4 is 40.3 Å². The van der Waals surface area contributed by atoms with Gasteiger partial charge in [0.2, 0.25) is 0 Å². The molecular formula is C9H9IOS. The van der Waals surface area contributed by atoms with Crippen molar-refractivity contribution in [1.29, 1.82) is 0 Å². The first kappa shape index (κ1) is 10.1. The summed E-state index contributed by atoms with van der Waals surface area (Å²) in [5, 5.41) is -0.0561. The van der Waals surface area contributed by atoms with Crippen LogP contribution in [0.2, 0.25) is 0 Å². The fourth-order valence-electron chi connectivity index (χ4n) is 0.908. The van der Waals surface area contributed by atoms with Crippen molar-refractivity contribution in [2.24, 2.45) is 0 Å². The molecule has 0 radical (unpaired) electrons. The second kappa shape index (κ2) is 4.87. The summed E-state index contributed by atoms with van der Waals surface area (Å²) in [6, 6.07) is 9.95. The van der Waals surface area contributed by atoms with Crippen LogP contribution in [0.25, 0.3) is 0 Å². The summed E-state index contributed by atoms with van der Waals surface area (Å²) >= 11 is 5.89. The van der Waals surface area contributed by atoms with Gasteiger partial charge in [-0.3, -0.25) is 4.79 Å². The van der Waals surface area contributed by atoms with E-state index in [0.29, 0.717) is 0 Å². The Morgan fingerprint density at radius 1 is 1.42 bits per heavy atom. The van der Waals surface area contributed by atoms with Crippen LogP contribution < -0.4 is 0 Å². The minimum atomic E-state index is -0.0561. The molecule has 1 atom stereocenters. The molecule has 0 fully saturated rings. The van der Waals surface area contributed by atoms with Crippen LogP contribution in [0.15, 0.2) is 30.3 Å². The number of rotatable bonds is 3. The molecule has 0 saturated carbocycles. The number of hydrogen-bond acceptors (Lipinski definition) is 1. The Morgan fingerprint density at radius 3 is 2.50 bits per heavy atom. The van der Waals surface area contributed by atoms with Crippen molar-refractivity contribution in [2.45, 2.75) is 10.3 Å². The van der Waals surface area contributed by atoms with Gasteiger partial charge in [-0.2, -0.15) is 0 Å². The zero-order valence-electron chi connectivity index (χ0n) is 6.40. The third kappa shape index (κ3) is 3.15. The summed E-state index contributed by atoms with van der Waals surface area (Å²) in [7, 11) is 0. The van der Waals surface area contributed by atoms with Crippen LogP contribution in [0.1, 0.15) is 5.56 Å². The molecular weight excluding hydrogens is 283 g/mol. The lowest BCUT2D eigenvalue weighted by Crippen LogP contribution is -2.10. The summed E-state index contributed by atoms with van der Waals surface area (Å²) in [6.45, 7) is 0. The Hall–Kier alpha value is -0.0300. The van der Waals surface area contributed by atoms with Crippen molar-refractivity contribution in [1.82, 2.24) is 0 Å². The van der Waals surface area contributed by atoms with Gasteiger partial charge in [0.05, 0.1) is 3.92 Å². The Kier molecular flexibility index (Phi) is 4.08. The van der Waals surface area contributed by atoms with Crippen molar-refractivity contribution in [3.05, 3.63) is 35.9 Å². The van der Waals surface area contributed by atoms with E-state index >= 15 is 0 Å². The van der Waals surface area contributed by atoms with Crippen LogP contribution in [0, 0.1) is 0 Å². The van der Waals surface area contributed by atoms with Crippen LogP contribution >= 0.6 is 35.2 Å². The molecule has 0 amide bonds. The second-order valence-electron chi connectivity index (χ2n) is 2.50. The largest absolute Gasteiger partial charge is 0.286 e. The number of carbonyl (C=O) groups is 1. The van der Waals surface area contributed by atoms with E-state index in [9.17, 15) is 4.79 Å². The van der Waals surface area contributed by atoms with Crippen LogP contribution in [-0.4, -0.2) is 9.04 Å². The van der Waals surface area contributed by atoms with Gasteiger partial charge in [-0.05, 0) is 12.0 Å². The average molecular weight is 292 g/mol. The normalized spacial score (nSPS) is 12.5. The quantitative estimate of drug-likeness (QED) is 0.514. The van der Waals surface area contributed by atoms with Crippen molar-refractivity contribution < 1.29 is 4.79 Å². The molecule has 0 N–H and O–H groups in total. The molecule has 0 aliphatic carbocycles. The van der Waals surface area contributed by atoms with E-state index in [2.05, 4.69) is 35.2 Å². The maximum Gasteiger partial charge on any atom is 0.199 e. The minimum Gasteiger partial charge on any atom is -0.286 e. The van der Waals surface area contributed by atoms with Gasteiger partial charge >= 0.3 is 0 Å². The fraction of sp³-hybridized carbons (Fsp3) is 0.222. The highest BCUT2D eigenvalue weighted by Crippen LogP contribution is 2.12. The Bertz CT molecular complexity index is 260. The lowest BCUT2D eigenvalue weighted by Gasteiger charge is -2.03. The molecule has 0 aliphatic rings. The molecule has 1 aromatic rings. The molecule has 3 heteroatoms. The number of thiol groups is 1. The van der Waals surface area contributed by atoms with E-state index in [0.717, 1.165) is 6.42 Å². The molecule has 1 aromatic carbocycles. The topological polar surface area (TPSA) is 17.1 Å². The first-order valence-corrected chi connectivity index (χ1v) is 5.30. The third-order valence-electron chi connectivity index (χ3n) is 1.53. The Morgan fingerprint density at radius 2 is 2.00 bits per heavy atom. The summed E-state index contributed by atoms with van der Waals surface area (Å²) < 4.78 is -0.0201. The maximum atomic E-state index is 10.8. The van der Waals surface area contributed by atoms with Crippen molar-refractivity contribution in [3.8, 4) is 0 Å². The zero-order valence-corrected chi connectivity index (χ0v) is 9.46. The zero-order chi connectivity index (χ0) is 8.97. The molecule has 1 nitrogen and oxygen atoms in total. The summed E-state index contributed by atoms with van der Waals surface area (Å²) in [6.07, 6.45) is 0.768. The third-order valence-corrected chi connectivity index (χ3v) is 3.34. The van der Waals surface area contributed by atoms with E-state index in [1.54, 1.807) is 0 Å². The molecule has 0 spiro atoms. The lowest BCUT2D eigenvalue weighted by molar-refractivity contribution is -0.110. The maximum absolute atomic E-state index is 10.8. The molecule has 64 valence electrons. The number of benzene rings is 1. The SMILES string of the molecule is O=C(S)[C@@H](I)Cc1ccccc1. The number of halogens is 1. The molecule has 0 aliphatic heterocycles. The number of hydrogen-bond donors (Lipinski definition) is 1. The molecule has 0 unspecified atom stereocenters. The number of alkyl halides is 1. The fourth-order valence-corrected chi connectivity index (χ4v) is 1.51. The average Bonchev–Trinajstić information content (AvgIpc) is 2.06. The molecule has 0 bridgehead atoms. The monoisotopic (exact) mass is 292 g/mol. The van der Waals surface area contributed by atoms with Gasteiger partial charge in [-0.25, -0.2) is 0 Å². The molecule has 0 aromatic heterocycles. The highest BCUT2D eigenvalue weighted by molar-refractivity contribution is 14.1. The van der Waals surface area contributed by atoms with Gasteiger partial charge in [0, 0.05) is 0 Å². The predicted octanol–water partition coefficient (Wildman–Crippen LogP) is 2.49. The highest BCUT2D eigenvalue weighted by atomic mass is 127. The molecule has 0 heterocycles. The summed E-state index contributed by atoms with van der Waals surface area (Å²) in [4.78, 5) is 10.8. The molecule has 0 saturated heterocycles. The molecule has 12 heavy (non-hydrogen) atoms.